The first-order valence-corrected chi connectivity index (χ1v) is 9.95. The normalized spacial score (nSPS) is 15.5. The van der Waals surface area contributed by atoms with E-state index in [9.17, 15) is 14.5 Å². The molecule has 140 valence electrons. The molecule has 2 amide bonds. The molecule has 0 bridgehead atoms. The van der Waals surface area contributed by atoms with Crippen LogP contribution in [-0.4, -0.2) is 21.1 Å². The number of nitrogens with one attached hydrogen (secondary N) is 1. The van der Waals surface area contributed by atoms with Gasteiger partial charge in [0.05, 0.1) is 10.5 Å². The third kappa shape index (κ3) is 4.44. The van der Waals surface area contributed by atoms with Crippen LogP contribution in [0.4, 0.5) is 5.69 Å². The number of nitrogens with zero attached hydrogens (tertiary/aromatic N) is 2. The van der Waals surface area contributed by atoms with Crippen molar-refractivity contribution in [3.63, 3.8) is 0 Å². The van der Waals surface area contributed by atoms with E-state index >= 15 is 0 Å². The van der Waals surface area contributed by atoms with E-state index in [0.29, 0.717) is 26.2 Å². The summed E-state index contributed by atoms with van der Waals surface area (Å²) in [5.41, 5.74) is 3.85. The zero-order chi connectivity index (χ0) is 20.1. The minimum absolute atomic E-state index is 0.222. The average Bonchev–Trinajstić information content (AvgIpc) is 2.96. The maximum absolute atomic E-state index is 12.6. The lowest BCUT2D eigenvalue weighted by Gasteiger charge is -2.16. The molecule has 0 aromatic heterocycles. The van der Waals surface area contributed by atoms with E-state index in [1.54, 1.807) is 66.8 Å². The highest BCUT2D eigenvalue weighted by Gasteiger charge is 2.33. The summed E-state index contributed by atoms with van der Waals surface area (Å²) in [6.45, 7) is 0. The highest BCUT2D eigenvalue weighted by molar-refractivity contribution is 9.10. The van der Waals surface area contributed by atoms with Crippen LogP contribution in [0.5, 0.6) is 0 Å². The summed E-state index contributed by atoms with van der Waals surface area (Å²) >= 11 is 9.58. The first-order chi connectivity index (χ1) is 13.5. The molecule has 2 aromatic rings. The van der Waals surface area contributed by atoms with E-state index in [1.165, 1.54) is 0 Å². The summed E-state index contributed by atoms with van der Waals surface area (Å²) in [6, 6.07) is 13.7. The number of thiocarbonyl (C=S) groups is 1. The lowest BCUT2D eigenvalue weighted by molar-refractivity contribution is -0.123. The summed E-state index contributed by atoms with van der Waals surface area (Å²) in [6.07, 6.45) is 4.88. The predicted octanol–water partition coefficient (Wildman–Crippen LogP) is 4.95. The molecule has 1 heterocycles. The van der Waals surface area contributed by atoms with Crippen LogP contribution in [0.3, 0.4) is 0 Å². The van der Waals surface area contributed by atoms with E-state index in [4.69, 9.17) is 12.2 Å². The molecule has 0 saturated carbocycles. The Hall–Kier alpha value is -2.62. The summed E-state index contributed by atoms with van der Waals surface area (Å²) in [7, 11) is 0. The number of hydrazine groups is 1. The van der Waals surface area contributed by atoms with Gasteiger partial charge in [0.1, 0.15) is 5.69 Å². The van der Waals surface area contributed by atoms with Gasteiger partial charge in [0, 0.05) is 10.0 Å². The van der Waals surface area contributed by atoms with Gasteiger partial charge in [-0.1, -0.05) is 54.2 Å². The van der Waals surface area contributed by atoms with Crippen molar-refractivity contribution in [1.29, 1.82) is 0 Å². The predicted molar refractivity (Wildman–Crippen MR) is 118 cm³/mol. The van der Waals surface area contributed by atoms with Crippen LogP contribution in [0.15, 0.2) is 75.2 Å². The van der Waals surface area contributed by atoms with Crippen LogP contribution >= 0.6 is 39.9 Å². The number of allylic oxidation sites excluding steroid dienone is 2. The third-order valence-corrected chi connectivity index (χ3v) is 5.70. The van der Waals surface area contributed by atoms with Crippen molar-refractivity contribution in [1.82, 2.24) is 10.4 Å². The highest BCUT2D eigenvalue weighted by atomic mass is 79.9. The smallest absolute Gasteiger partial charge is 0.267 e. The van der Waals surface area contributed by atoms with Crippen molar-refractivity contribution in [3.8, 4) is 0 Å². The van der Waals surface area contributed by atoms with Crippen molar-refractivity contribution in [2.45, 2.75) is 0 Å². The van der Waals surface area contributed by atoms with E-state index in [0.717, 1.165) is 16.8 Å². The van der Waals surface area contributed by atoms with Gasteiger partial charge in [-0.15, -0.1) is 4.91 Å². The molecule has 1 saturated heterocycles. The fourth-order valence-electron chi connectivity index (χ4n) is 2.34. The molecular weight excluding hydrogens is 462 g/mol. The summed E-state index contributed by atoms with van der Waals surface area (Å²) in [5, 5.41) is 4.00. The van der Waals surface area contributed by atoms with Crippen LogP contribution in [0.2, 0.25) is 0 Å². The minimum atomic E-state index is -0.452. The number of amides is 2. The molecule has 0 aliphatic carbocycles. The Morgan fingerprint density at radius 3 is 2.64 bits per heavy atom. The number of carbonyl (C=O) groups excluding carboxylic acids is 2. The molecule has 9 heteroatoms. The van der Waals surface area contributed by atoms with Crippen LogP contribution in [-0.2, 0) is 4.79 Å². The highest BCUT2D eigenvalue weighted by Crippen LogP contribution is 2.30. The molecule has 6 nitrogen and oxygen atoms in total. The number of rotatable bonds is 5. The molecule has 3 rings (SSSR count). The van der Waals surface area contributed by atoms with Gasteiger partial charge in [0.2, 0.25) is 0 Å². The lowest BCUT2D eigenvalue weighted by atomic mass is 10.1. The van der Waals surface area contributed by atoms with Crippen LogP contribution in [0.1, 0.15) is 15.9 Å². The van der Waals surface area contributed by atoms with E-state index in [-0.39, 0.29) is 4.32 Å². The number of nitroso groups, excluding NO2 is 1. The molecule has 2 aromatic carbocycles. The van der Waals surface area contributed by atoms with E-state index < -0.39 is 11.8 Å². The minimum Gasteiger partial charge on any atom is -0.267 e. The Kier molecular flexibility index (Phi) is 6.50. The molecule has 1 aliphatic heterocycles. The summed E-state index contributed by atoms with van der Waals surface area (Å²) in [4.78, 5) is 36.1. The summed E-state index contributed by atoms with van der Waals surface area (Å²) in [5.74, 6) is -0.881. The van der Waals surface area contributed by atoms with Crippen LogP contribution < -0.4 is 5.43 Å². The molecule has 1 N–H and O–H groups in total. The largest absolute Gasteiger partial charge is 0.285 e. The van der Waals surface area contributed by atoms with E-state index in [2.05, 4.69) is 26.5 Å². The second-order valence-electron chi connectivity index (χ2n) is 5.47. The van der Waals surface area contributed by atoms with Gasteiger partial charge in [0.25, 0.3) is 11.8 Å². The SMILES string of the molecule is O=Nc1ccccc1/C=C/C=C1\SC(=S)N(NC(=O)c2ccccc2Br)C1=O. The monoisotopic (exact) mass is 473 g/mol. The van der Waals surface area contributed by atoms with Crippen LogP contribution in [0, 0.1) is 4.91 Å². The van der Waals surface area contributed by atoms with Gasteiger partial charge in [-0.2, -0.15) is 5.01 Å². The molecule has 1 aliphatic rings. The molecule has 0 unspecified atom stereocenters. The number of halogens is 1. The number of carbonyl (C=O) groups is 2. The molecular formula is C19H12BrN3O3S2. The Morgan fingerprint density at radius 1 is 1.18 bits per heavy atom. The van der Waals surface area contributed by atoms with Crippen molar-refractivity contribution >= 4 is 67.8 Å². The topological polar surface area (TPSA) is 78.8 Å². The quantitative estimate of drug-likeness (QED) is 0.377. The van der Waals surface area contributed by atoms with Crippen molar-refractivity contribution < 1.29 is 9.59 Å². The maximum Gasteiger partial charge on any atom is 0.285 e. The molecule has 0 radical (unpaired) electrons. The third-order valence-electron chi connectivity index (χ3n) is 3.68. The number of hydrogen-bond donors (Lipinski definition) is 1. The second kappa shape index (κ2) is 9.05. The van der Waals surface area contributed by atoms with Gasteiger partial charge in [0.15, 0.2) is 4.32 Å². The first kappa shape index (κ1) is 20.1. The van der Waals surface area contributed by atoms with Gasteiger partial charge >= 0.3 is 0 Å². The molecule has 0 atom stereocenters. The van der Waals surface area contributed by atoms with Gasteiger partial charge in [-0.25, -0.2) is 0 Å². The van der Waals surface area contributed by atoms with Crippen molar-refractivity contribution in [2.24, 2.45) is 5.18 Å². The first-order valence-electron chi connectivity index (χ1n) is 7.94. The maximum atomic E-state index is 12.6. The van der Waals surface area contributed by atoms with Crippen LogP contribution in [0.25, 0.3) is 6.08 Å². The second-order valence-corrected chi connectivity index (χ2v) is 8.00. The fraction of sp³-hybridized carbons (Fsp3) is 0. The Morgan fingerprint density at radius 2 is 1.89 bits per heavy atom. The van der Waals surface area contributed by atoms with Gasteiger partial charge in [-0.05, 0) is 57.6 Å². The number of benzene rings is 2. The fourth-order valence-corrected chi connectivity index (χ4v) is 3.93. The van der Waals surface area contributed by atoms with Gasteiger partial charge in [-0.3, -0.25) is 15.0 Å². The lowest BCUT2D eigenvalue weighted by Crippen LogP contribution is -2.44. The Bertz CT molecular complexity index is 1040. The number of thioether (sulfide) groups is 1. The zero-order valence-electron chi connectivity index (χ0n) is 14.2. The summed E-state index contributed by atoms with van der Waals surface area (Å²) < 4.78 is 0.832. The average molecular weight is 474 g/mol. The van der Waals surface area contributed by atoms with Gasteiger partial charge < -0.3 is 0 Å². The molecule has 1 fully saturated rings. The molecule has 28 heavy (non-hydrogen) atoms. The van der Waals surface area contributed by atoms with E-state index in [1.807, 2.05) is 0 Å². The van der Waals surface area contributed by atoms with Crippen molar-refractivity contribution in [3.05, 3.63) is 86.1 Å². The zero-order valence-corrected chi connectivity index (χ0v) is 17.4. The van der Waals surface area contributed by atoms with Crippen molar-refractivity contribution in [2.75, 3.05) is 0 Å². The Labute approximate surface area is 178 Å². The number of hydrogen-bond acceptors (Lipinski definition) is 6. The Balaban J connectivity index is 1.73. The standard InChI is InChI=1S/C19H12BrN3O3S2/c20-14-9-3-2-8-13(14)17(24)21-23-18(25)16(28-19(23)27)11-5-7-12-6-1-4-10-15(12)22-26/h1-11H,(H,21,24)/b7-5+,16-11-. The molecule has 0 spiro atoms.